The van der Waals surface area contributed by atoms with Crippen molar-refractivity contribution in [3.8, 4) is 11.3 Å². The number of rotatable bonds is 4. The molecule has 0 saturated heterocycles. The average molecular weight is 397 g/mol. The fourth-order valence-electron chi connectivity index (χ4n) is 3.72. The first kappa shape index (κ1) is 18.8. The number of carbonyl (C=O) groups is 1. The number of hydrogen-bond donors (Lipinski definition) is 0. The Morgan fingerprint density at radius 3 is 2.86 bits per heavy atom. The number of imidazole rings is 1. The van der Waals surface area contributed by atoms with Gasteiger partial charge in [0.2, 0.25) is 0 Å². The van der Waals surface area contributed by atoms with E-state index < -0.39 is 0 Å². The molecule has 0 bridgehead atoms. The maximum atomic E-state index is 13.0. The zero-order valence-corrected chi connectivity index (χ0v) is 17.3. The summed E-state index contributed by atoms with van der Waals surface area (Å²) >= 11 is 1.48. The van der Waals surface area contributed by atoms with Gasteiger partial charge in [-0.2, -0.15) is 0 Å². The van der Waals surface area contributed by atoms with Crippen LogP contribution >= 0.6 is 11.3 Å². The van der Waals surface area contributed by atoms with Crippen molar-refractivity contribution in [3.05, 3.63) is 57.4 Å². The molecule has 2 aromatic heterocycles. The van der Waals surface area contributed by atoms with Crippen molar-refractivity contribution < 1.29 is 9.53 Å². The van der Waals surface area contributed by atoms with Crippen molar-refractivity contribution in [3.63, 3.8) is 0 Å². The van der Waals surface area contributed by atoms with Crippen LogP contribution < -0.4 is 0 Å². The third-order valence-electron chi connectivity index (χ3n) is 5.06. The SMILES string of the molecule is COCc1cccc(-c2cnc3n2CCN(C(=O)c2sc(C)nc2C)CC3)c1. The van der Waals surface area contributed by atoms with Crippen molar-refractivity contribution in [1.29, 1.82) is 0 Å². The molecule has 1 amide bonds. The van der Waals surface area contributed by atoms with Crippen LogP contribution in [0, 0.1) is 13.8 Å². The number of aromatic nitrogens is 3. The Hall–Kier alpha value is -2.51. The number of amides is 1. The van der Waals surface area contributed by atoms with E-state index in [2.05, 4.69) is 32.7 Å². The molecule has 0 N–H and O–H groups in total. The number of thiazole rings is 1. The van der Waals surface area contributed by atoms with Gasteiger partial charge in [-0.3, -0.25) is 4.79 Å². The minimum atomic E-state index is 0.0810. The van der Waals surface area contributed by atoms with E-state index in [4.69, 9.17) is 4.74 Å². The molecule has 0 saturated carbocycles. The average Bonchev–Trinajstić information content (AvgIpc) is 3.17. The molecule has 1 aliphatic rings. The molecule has 1 aliphatic heterocycles. The highest BCUT2D eigenvalue weighted by atomic mass is 32.1. The first-order valence-corrected chi connectivity index (χ1v) is 10.2. The van der Waals surface area contributed by atoms with E-state index in [0.29, 0.717) is 19.7 Å². The Morgan fingerprint density at radius 1 is 1.25 bits per heavy atom. The zero-order chi connectivity index (χ0) is 19.7. The number of methoxy groups -OCH3 is 1. The molecule has 4 rings (SSSR count). The summed E-state index contributed by atoms with van der Waals surface area (Å²) in [5.41, 5.74) is 4.18. The number of benzene rings is 1. The molecule has 1 aromatic carbocycles. The second kappa shape index (κ2) is 7.85. The van der Waals surface area contributed by atoms with Crippen molar-refractivity contribution >= 4 is 17.2 Å². The minimum absolute atomic E-state index is 0.0810. The topological polar surface area (TPSA) is 60.2 Å². The van der Waals surface area contributed by atoms with Gasteiger partial charge in [0.05, 0.1) is 29.2 Å². The molecule has 0 spiro atoms. The summed E-state index contributed by atoms with van der Waals surface area (Å²) in [5, 5.41) is 0.932. The van der Waals surface area contributed by atoms with Crippen molar-refractivity contribution in [2.45, 2.75) is 33.4 Å². The van der Waals surface area contributed by atoms with Crippen LogP contribution in [0.5, 0.6) is 0 Å². The van der Waals surface area contributed by atoms with Crippen LogP contribution in [0.1, 0.15) is 31.8 Å². The van der Waals surface area contributed by atoms with E-state index in [1.54, 1.807) is 7.11 Å². The molecule has 28 heavy (non-hydrogen) atoms. The second-order valence-electron chi connectivity index (χ2n) is 7.03. The quantitative estimate of drug-likeness (QED) is 0.678. The van der Waals surface area contributed by atoms with Crippen molar-refractivity contribution in [2.24, 2.45) is 0 Å². The number of aryl methyl sites for hydroxylation is 2. The van der Waals surface area contributed by atoms with Gasteiger partial charge in [0.15, 0.2) is 0 Å². The monoisotopic (exact) mass is 396 g/mol. The molecule has 0 atom stereocenters. The lowest BCUT2D eigenvalue weighted by atomic mass is 10.1. The van der Waals surface area contributed by atoms with E-state index in [9.17, 15) is 4.79 Å². The molecule has 0 radical (unpaired) electrons. The van der Waals surface area contributed by atoms with Gasteiger partial charge in [0.1, 0.15) is 10.7 Å². The van der Waals surface area contributed by atoms with E-state index >= 15 is 0 Å². The summed E-state index contributed by atoms with van der Waals surface area (Å²) in [6, 6.07) is 8.35. The Labute approximate surface area is 168 Å². The second-order valence-corrected chi connectivity index (χ2v) is 8.24. The third kappa shape index (κ3) is 3.59. The van der Waals surface area contributed by atoms with Crippen LogP contribution in [0.4, 0.5) is 0 Å². The summed E-state index contributed by atoms with van der Waals surface area (Å²) in [5.74, 6) is 1.11. The highest BCUT2D eigenvalue weighted by molar-refractivity contribution is 7.13. The molecular formula is C21H24N4O2S. The number of fused-ring (bicyclic) bond motifs is 1. The van der Waals surface area contributed by atoms with Crippen molar-refractivity contribution in [2.75, 3.05) is 20.2 Å². The van der Waals surface area contributed by atoms with Gasteiger partial charge in [-0.15, -0.1) is 11.3 Å². The summed E-state index contributed by atoms with van der Waals surface area (Å²) in [4.78, 5) is 24.7. The molecule has 0 aliphatic carbocycles. The standard InChI is InChI=1S/C21H24N4O2S/c1-14-20(28-15(2)23-14)21(26)24-8-7-19-22-12-18(25(19)10-9-24)17-6-4-5-16(11-17)13-27-3/h4-6,11-12H,7-10,13H2,1-3H3. The fraction of sp³-hybridized carbons (Fsp3) is 0.381. The molecule has 3 heterocycles. The van der Waals surface area contributed by atoms with Crippen LogP contribution in [0.25, 0.3) is 11.3 Å². The summed E-state index contributed by atoms with van der Waals surface area (Å²) < 4.78 is 7.50. The maximum absolute atomic E-state index is 13.0. The van der Waals surface area contributed by atoms with Crippen LogP contribution in [-0.2, 0) is 24.3 Å². The van der Waals surface area contributed by atoms with E-state index in [-0.39, 0.29) is 5.91 Å². The molecule has 146 valence electrons. The number of carbonyl (C=O) groups excluding carboxylic acids is 1. The highest BCUT2D eigenvalue weighted by Crippen LogP contribution is 2.25. The number of ether oxygens (including phenoxy) is 1. The molecule has 6 nitrogen and oxygen atoms in total. The minimum Gasteiger partial charge on any atom is -0.380 e. The van der Waals surface area contributed by atoms with Crippen LogP contribution in [0.2, 0.25) is 0 Å². The van der Waals surface area contributed by atoms with E-state index in [0.717, 1.165) is 51.2 Å². The summed E-state index contributed by atoms with van der Waals surface area (Å²) in [6.45, 7) is 6.52. The lowest BCUT2D eigenvalue weighted by Crippen LogP contribution is -2.33. The lowest BCUT2D eigenvalue weighted by Gasteiger charge is -2.19. The molecule has 0 unspecified atom stereocenters. The molecule has 3 aromatic rings. The summed E-state index contributed by atoms with van der Waals surface area (Å²) in [6.07, 6.45) is 2.69. The van der Waals surface area contributed by atoms with Crippen LogP contribution in [0.3, 0.4) is 0 Å². The van der Waals surface area contributed by atoms with Gasteiger partial charge in [0, 0.05) is 38.7 Å². The van der Waals surface area contributed by atoms with Gasteiger partial charge in [-0.25, -0.2) is 9.97 Å². The lowest BCUT2D eigenvalue weighted by molar-refractivity contribution is 0.0763. The third-order valence-corrected chi connectivity index (χ3v) is 6.12. The smallest absolute Gasteiger partial charge is 0.265 e. The molecule has 0 fully saturated rings. The van der Waals surface area contributed by atoms with Gasteiger partial charge in [0.25, 0.3) is 5.91 Å². The first-order chi connectivity index (χ1) is 13.6. The number of hydrogen-bond acceptors (Lipinski definition) is 5. The van der Waals surface area contributed by atoms with E-state index in [1.807, 2.05) is 31.0 Å². The van der Waals surface area contributed by atoms with Crippen molar-refractivity contribution in [1.82, 2.24) is 19.4 Å². The number of nitrogens with zero attached hydrogens (tertiary/aromatic N) is 4. The van der Waals surface area contributed by atoms with Gasteiger partial charge < -0.3 is 14.2 Å². The van der Waals surface area contributed by atoms with E-state index in [1.165, 1.54) is 11.3 Å². The highest BCUT2D eigenvalue weighted by Gasteiger charge is 2.24. The van der Waals surface area contributed by atoms with Crippen LogP contribution in [-0.4, -0.2) is 45.5 Å². The Bertz CT molecular complexity index is 1010. The fourth-order valence-corrected chi connectivity index (χ4v) is 4.61. The Kier molecular flexibility index (Phi) is 5.28. The zero-order valence-electron chi connectivity index (χ0n) is 16.4. The summed E-state index contributed by atoms with van der Waals surface area (Å²) in [7, 11) is 1.70. The van der Waals surface area contributed by atoms with Gasteiger partial charge >= 0.3 is 0 Å². The predicted molar refractivity (Wildman–Crippen MR) is 110 cm³/mol. The van der Waals surface area contributed by atoms with Gasteiger partial charge in [-0.1, -0.05) is 18.2 Å². The largest absolute Gasteiger partial charge is 0.380 e. The Balaban J connectivity index is 1.56. The normalized spacial score (nSPS) is 14.0. The van der Waals surface area contributed by atoms with Gasteiger partial charge in [-0.05, 0) is 25.5 Å². The predicted octanol–water partition coefficient (Wildman–Crippen LogP) is 3.47. The van der Waals surface area contributed by atoms with Crippen LogP contribution in [0.15, 0.2) is 30.5 Å². The maximum Gasteiger partial charge on any atom is 0.265 e. The molecular weight excluding hydrogens is 372 g/mol. The first-order valence-electron chi connectivity index (χ1n) is 9.42. The molecule has 7 heteroatoms. The Morgan fingerprint density at radius 2 is 2.11 bits per heavy atom.